The highest BCUT2D eigenvalue weighted by Gasteiger charge is 2.49. The fourth-order valence-electron chi connectivity index (χ4n) is 6.91. The SMILES string of the molecule is CC1OCC2C(/C=C/C3CCC[C@H](C)N3C(=O)OC(C)(C)C)C3CCCCC3CC12. The maximum Gasteiger partial charge on any atom is 0.411 e. The number of hydrogen-bond acceptors (Lipinski definition) is 3. The molecule has 2 heterocycles. The molecule has 0 radical (unpaired) electrons. The summed E-state index contributed by atoms with van der Waals surface area (Å²) in [5.74, 6) is 3.65. The largest absolute Gasteiger partial charge is 0.444 e. The Morgan fingerprint density at radius 3 is 2.50 bits per heavy atom. The number of piperidine rings is 1. The third kappa shape index (κ3) is 4.59. The van der Waals surface area contributed by atoms with E-state index in [9.17, 15) is 4.79 Å². The molecule has 2 aliphatic carbocycles. The van der Waals surface area contributed by atoms with Crippen LogP contribution in [0.1, 0.15) is 86.0 Å². The Hall–Kier alpha value is -1.03. The van der Waals surface area contributed by atoms with E-state index in [-0.39, 0.29) is 18.2 Å². The molecular formula is C26H43NO3. The van der Waals surface area contributed by atoms with Gasteiger partial charge in [0.15, 0.2) is 0 Å². The maximum absolute atomic E-state index is 13.0. The third-order valence-electron chi connectivity index (χ3n) is 8.35. The molecule has 8 atom stereocenters. The second-order valence-electron chi connectivity index (χ2n) is 11.5. The van der Waals surface area contributed by atoms with Gasteiger partial charge in [-0.3, -0.25) is 4.90 Å². The van der Waals surface area contributed by atoms with Crippen molar-refractivity contribution in [2.45, 2.75) is 110 Å². The van der Waals surface area contributed by atoms with Crippen molar-refractivity contribution in [3.8, 4) is 0 Å². The van der Waals surface area contributed by atoms with E-state index in [1.54, 1.807) is 0 Å². The van der Waals surface area contributed by atoms with Crippen LogP contribution >= 0.6 is 0 Å². The molecule has 4 nitrogen and oxygen atoms in total. The van der Waals surface area contributed by atoms with Gasteiger partial charge < -0.3 is 9.47 Å². The Labute approximate surface area is 183 Å². The highest BCUT2D eigenvalue weighted by atomic mass is 16.6. The maximum atomic E-state index is 13.0. The van der Waals surface area contributed by atoms with Gasteiger partial charge in [-0.1, -0.05) is 31.4 Å². The van der Waals surface area contributed by atoms with Gasteiger partial charge in [0.2, 0.25) is 0 Å². The van der Waals surface area contributed by atoms with Crippen LogP contribution in [0.4, 0.5) is 4.79 Å². The second kappa shape index (κ2) is 8.84. The van der Waals surface area contributed by atoms with Crippen LogP contribution in [0.5, 0.6) is 0 Å². The van der Waals surface area contributed by atoms with Crippen molar-refractivity contribution in [2.24, 2.45) is 29.6 Å². The summed E-state index contributed by atoms with van der Waals surface area (Å²) >= 11 is 0. The highest BCUT2D eigenvalue weighted by Crippen LogP contribution is 2.53. The van der Waals surface area contributed by atoms with Crippen molar-refractivity contribution in [2.75, 3.05) is 6.61 Å². The van der Waals surface area contributed by atoms with Gasteiger partial charge in [-0.2, -0.15) is 0 Å². The fourth-order valence-corrected chi connectivity index (χ4v) is 6.91. The van der Waals surface area contributed by atoms with Crippen LogP contribution in [0.25, 0.3) is 0 Å². The molecule has 0 spiro atoms. The molecule has 2 saturated heterocycles. The van der Waals surface area contributed by atoms with Crippen LogP contribution in [0.3, 0.4) is 0 Å². The van der Waals surface area contributed by atoms with Gasteiger partial charge in [-0.15, -0.1) is 0 Å². The Bertz CT molecular complexity index is 635. The molecular weight excluding hydrogens is 374 g/mol. The van der Waals surface area contributed by atoms with E-state index < -0.39 is 5.60 Å². The quantitative estimate of drug-likeness (QED) is 0.502. The van der Waals surface area contributed by atoms with E-state index in [4.69, 9.17) is 9.47 Å². The van der Waals surface area contributed by atoms with Gasteiger partial charge in [0, 0.05) is 6.04 Å². The molecule has 1 amide bonds. The average molecular weight is 418 g/mol. The number of ether oxygens (including phenoxy) is 2. The summed E-state index contributed by atoms with van der Waals surface area (Å²) in [6.45, 7) is 11.2. The molecule has 4 aliphatic rings. The number of nitrogens with zero attached hydrogens (tertiary/aromatic N) is 1. The molecule has 170 valence electrons. The minimum Gasteiger partial charge on any atom is -0.444 e. The number of allylic oxidation sites excluding steroid dienone is 1. The molecule has 4 fully saturated rings. The van der Waals surface area contributed by atoms with E-state index in [0.717, 1.165) is 31.3 Å². The van der Waals surface area contributed by atoms with Gasteiger partial charge in [-0.05, 0) is 96.3 Å². The smallest absolute Gasteiger partial charge is 0.411 e. The van der Waals surface area contributed by atoms with E-state index in [0.29, 0.717) is 23.9 Å². The third-order valence-corrected chi connectivity index (χ3v) is 8.35. The predicted octanol–water partition coefficient (Wildman–Crippen LogP) is 6.20. The number of carbonyl (C=O) groups is 1. The van der Waals surface area contributed by atoms with Crippen LogP contribution in [0.15, 0.2) is 12.2 Å². The van der Waals surface area contributed by atoms with Crippen molar-refractivity contribution in [1.82, 2.24) is 4.90 Å². The highest BCUT2D eigenvalue weighted by molar-refractivity contribution is 5.69. The summed E-state index contributed by atoms with van der Waals surface area (Å²) in [5.41, 5.74) is -0.453. The van der Waals surface area contributed by atoms with Crippen LogP contribution in [-0.4, -0.2) is 41.4 Å². The summed E-state index contributed by atoms with van der Waals surface area (Å²) in [6, 6.07) is 0.394. The first-order chi connectivity index (χ1) is 14.2. The molecule has 0 aromatic heterocycles. The predicted molar refractivity (Wildman–Crippen MR) is 120 cm³/mol. The number of fused-ring (bicyclic) bond motifs is 2. The summed E-state index contributed by atoms with van der Waals surface area (Å²) in [4.78, 5) is 15.0. The van der Waals surface area contributed by atoms with Crippen molar-refractivity contribution >= 4 is 6.09 Å². The standard InChI is InChI=1S/C26H43NO3/c1-17-9-8-11-20(27(17)25(28)30-26(3,4)5)13-14-22-21-12-7-6-10-19(21)15-23-18(2)29-16-24(22)23/h13-14,17-24H,6-12,15-16H2,1-5H3/b14-13+/t17-,18?,19?,20?,21?,22?,23?,24?/m0/s1. The molecule has 4 heteroatoms. The van der Waals surface area contributed by atoms with Gasteiger partial charge >= 0.3 is 6.09 Å². The first-order valence-electron chi connectivity index (χ1n) is 12.6. The lowest BCUT2D eigenvalue weighted by Gasteiger charge is -2.47. The second-order valence-corrected chi connectivity index (χ2v) is 11.5. The van der Waals surface area contributed by atoms with Crippen LogP contribution in [-0.2, 0) is 9.47 Å². The number of hydrogen-bond donors (Lipinski definition) is 0. The lowest BCUT2D eigenvalue weighted by atomic mass is 9.58. The van der Waals surface area contributed by atoms with E-state index in [1.807, 2.05) is 25.7 Å². The van der Waals surface area contributed by atoms with Gasteiger partial charge in [0.05, 0.1) is 18.8 Å². The molecule has 0 N–H and O–H groups in total. The van der Waals surface area contributed by atoms with Gasteiger partial charge in [-0.25, -0.2) is 4.79 Å². The molecule has 2 aliphatic heterocycles. The summed E-state index contributed by atoms with van der Waals surface area (Å²) in [5, 5.41) is 0. The molecule has 2 saturated carbocycles. The number of rotatable bonds is 2. The Balaban J connectivity index is 1.54. The fraction of sp³-hybridized carbons (Fsp3) is 0.885. The number of amides is 1. The van der Waals surface area contributed by atoms with Crippen molar-refractivity contribution in [3.05, 3.63) is 12.2 Å². The first-order valence-corrected chi connectivity index (χ1v) is 12.6. The summed E-state index contributed by atoms with van der Waals surface area (Å²) in [6.07, 6.45) is 15.3. The first kappa shape index (κ1) is 22.2. The summed E-state index contributed by atoms with van der Waals surface area (Å²) in [7, 11) is 0. The van der Waals surface area contributed by atoms with Crippen molar-refractivity contribution < 1.29 is 14.3 Å². The van der Waals surface area contributed by atoms with Crippen LogP contribution in [0, 0.1) is 29.6 Å². The van der Waals surface area contributed by atoms with E-state index in [1.165, 1.54) is 38.5 Å². The van der Waals surface area contributed by atoms with E-state index in [2.05, 4.69) is 26.0 Å². The number of likely N-dealkylation sites (tertiary alicyclic amines) is 1. The van der Waals surface area contributed by atoms with Gasteiger partial charge in [0.25, 0.3) is 0 Å². The molecule has 0 aromatic carbocycles. The van der Waals surface area contributed by atoms with Crippen molar-refractivity contribution in [1.29, 1.82) is 0 Å². The van der Waals surface area contributed by atoms with E-state index >= 15 is 0 Å². The molecule has 0 aromatic rings. The van der Waals surface area contributed by atoms with Gasteiger partial charge in [0.1, 0.15) is 5.60 Å². The zero-order valence-electron chi connectivity index (χ0n) is 19.8. The van der Waals surface area contributed by atoms with Crippen LogP contribution in [0.2, 0.25) is 0 Å². The Morgan fingerprint density at radius 1 is 0.967 bits per heavy atom. The average Bonchev–Trinajstić information content (AvgIpc) is 3.04. The molecule has 7 unspecified atom stereocenters. The molecule has 30 heavy (non-hydrogen) atoms. The Kier molecular flexibility index (Phi) is 6.53. The minimum absolute atomic E-state index is 0.153. The molecule has 4 rings (SSSR count). The zero-order valence-corrected chi connectivity index (χ0v) is 19.8. The monoisotopic (exact) mass is 417 g/mol. The van der Waals surface area contributed by atoms with Crippen LogP contribution < -0.4 is 0 Å². The molecule has 0 bridgehead atoms. The lowest BCUT2D eigenvalue weighted by molar-refractivity contribution is 0.00326. The minimum atomic E-state index is -0.453. The van der Waals surface area contributed by atoms with Crippen molar-refractivity contribution in [3.63, 3.8) is 0 Å². The normalized spacial score (nSPS) is 42.1. The number of carbonyl (C=O) groups excluding carboxylic acids is 1. The zero-order chi connectivity index (χ0) is 21.5. The summed E-state index contributed by atoms with van der Waals surface area (Å²) < 4.78 is 11.9. The topological polar surface area (TPSA) is 38.8 Å². The lowest BCUT2D eigenvalue weighted by Crippen LogP contribution is -2.50. The Morgan fingerprint density at radius 2 is 1.73 bits per heavy atom.